The number of phenolic OH excluding ortho intramolecular Hbond substituents is 1. The van der Waals surface area contributed by atoms with E-state index < -0.39 is 0 Å². The van der Waals surface area contributed by atoms with E-state index in [1.165, 1.54) is 19.3 Å². The van der Waals surface area contributed by atoms with E-state index in [0.29, 0.717) is 17.2 Å². The first-order chi connectivity index (χ1) is 8.94. The molecule has 0 amide bonds. The average molecular weight is 263 g/mol. The average Bonchev–Trinajstić information content (AvgIpc) is 2.69. The lowest BCUT2D eigenvalue weighted by molar-refractivity contribution is 0.264. The first-order valence-electron chi connectivity index (χ1n) is 7.07. The van der Waals surface area contributed by atoms with Crippen molar-refractivity contribution in [3.8, 4) is 11.5 Å². The van der Waals surface area contributed by atoms with Crippen LogP contribution in [0.1, 0.15) is 51.6 Å². The van der Waals surface area contributed by atoms with E-state index >= 15 is 0 Å². The van der Waals surface area contributed by atoms with Crippen LogP contribution in [0.4, 0.5) is 0 Å². The molecule has 3 nitrogen and oxygen atoms in total. The summed E-state index contributed by atoms with van der Waals surface area (Å²) in [5.74, 6) is 1.11. The summed E-state index contributed by atoms with van der Waals surface area (Å²) < 4.78 is 5.23. The predicted molar refractivity (Wildman–Crippen MR) is 77.6 cm³/mol. The van der Waals surface area contributed by atoms with Crippen LogP contribution in [-0.2, 0) is 0 Å². The minimum atomic E-state index is 0.123. The SMILES string of the molecule is COc1ccc(O)c(C(C)NC2CCCC2(C)C)c1. The molecule has 0 aromatic heterocycles. The number of hydrogen-bond acceptors (Lipinski definition) is 3. The molecule has 0 spiro atoms. The van der Waals surface area contributed by atoms with Crippen molar-refractivity contribution >= 4 is 0 Å². The van der Waals surface area contributed by atoms with E-state index in [1.54, 1.807) is 19.2 Å². The molecule has 2 N–H and O–H groups in total. The van der Waals surface area contributed by atoms with E-state index in [4.69, 9.17) is 4.74 Å². The van der Waals surface area contributed by atoms with Crippen molar-refractivity contribution < 1.29 is 9.84 Å². The molecule has 1 aliphatic rings. The summed E-state index contributed by atoms with van der Waals surface area (Å²) in [6.45, 7) is 6.73. The Morgan fingerprint density at radius 3 is 2.74 bits per heavy atom. The fourth-order valence-corrected chi connectivity index (χ4v) is 3.03. The highest BCUT2D eigenvalue weighted by Gasteiger charge is 2.35. The van der Waals surface area contributed by atoms with Gasteiger partial charge in [0.2, 0.25) is 0 Å². The lowest BCUT2D eigenvalue weighted by Crippen LogP contribution is -2.39. The number of phenols is 1. The molecule has 0 radical (unpaired) electrons. The van der Waals surface area contributed by atoms with E-state index in [1.807, 2.05) is 6.07 Å². The summed E-state index contributed by atoms with van der Waals surface area (Å²) in [5, 5.41) is 13.7. The molecule has 1 aliphatic carbocycles. The summed E-state index contributed by atoms with van der Waals surface area (Å²) in [4.78, 5) is 0. The molecule has 1 aromatic carbocycles. The van der Waals surface area contributed by atoms with Crippen molar-refractivity contribution in [2.45, 2.75) is 52.1 Å². The van der Waals surface area contributed by atoms with Crippen LogP contribution in [0.25, 0.3) is 0 Å². The van der Waals surface area contributed by atoms with Crippen molar-refractivity contribution in [3.63, 3.8) is 0 Å². The van der Waals surface area contributed by atoms with Crippen molar-refractivity contribution in [1.29, 1.82) is 0 Å². The maximum absolute atomic E-state index is 10.0. The van der Waals surface area contributed by atoms with Crippen molar-refractivity contribution in [2.75, 3.05) is 7.11 Å². The Hall–Kier alpha value is -1.22. The molecular weight excluding hydrogens is 238 g/mol. The van der Waals surface area contributed by atoms with Gasteiger partial charge in [0.05, 0.1) is 7.11 Å². The normalized spacial score (nSPS) is 23.3. The van der Waals surface area contributed by atoms with Gasteiger partial charge in [-0.3, -0.25) is 0 Å². The van der Waals surface area contributed by atoms with Crippen LogP contribution in [0.5, 0.6) is 11.5 Å². The van der Waals surface area contributed by atoms with Gasteiger partial charge in [0.15, 0.2) is 0 Å². The van der Waals surface area contributed by atoms with Gasteiger partial charge < -0.3 is 15.2 Å². The van der Waals surface area contributed by atoms with Crippen LogP contribution in [0.2, 0.25) is 0 Å². The molecule has 1 saturated carbocycles. The minimum Gasteiger partial charge on any atom is -0.508 e. The summed E-state index contributed by atoms with van der Waals surface area (Å²) in [5.41, 5.74) is 1.24. The topological polar surface area (TPSA) is 41.5 Å². The van der Waals surface area contributed by atoms with Gasteiger partial charge in [-0.05, 0) is 43.4 Å². The lowest BCUT2D eigenvalue weighted by Gasteiger charge is -2.31. The van der Waals surface area contributed by atoms with E-state index in [2.05, 4.69) is 26.1 Å². The number of nitrogens with one attached hydrogen (secondary N) is 1. The van der Waals surface area contributed by atoms with E-state index in [9.17, 15) is 5.11 Å². The molecule has 1 fully saturated rings. The predicted octanol–water partition coefficient (Wildman–Crippen LogP) is 3.63. The molecule has 106 valence electrons. The van der Waals surface area contributed by atoms with Gasteiger partial charge in [-0.25, -0.2) is 0 Å². The first kappa shape index (κ1) is 14.2. The maximum Gasteiger partial charge on any atom is 0.120 e. The Balaban J connectivity index is 2.13. The van der Waals surface area contributed by atoms with Gasteiger partial charge in [0, 0.05) is 17.6 Å². The van der Waals surface area contributed by atoms with Gasteiger partial charge in [-0.1, -0.05) is 20.3 Å². The zero-order valence-corrected chi connectivity index (χ0v) is 12.4. The summed E-state index contributed by atoms with van der Waals surface area (Å²) in [6.07, 6.45) is 3.75. The standard InChI is InChI=1S/C16H25NO2/c1-11(17-15-6-5-9-16(15,2)3)13-10-12(19-4)7-8-14(13)18/h7-8,10-11,15,17-18H,5-6,9H2,1-4H3. The van der Waals surface area contributed by atoms with Crippen molar-refractivity contribution in [1.82, 2.24) is 5.32 Å². The van der Waals surface area contributed by atoms with Crippen molar-refractivity contribution in [3.05, 3.63) is 23.8 Å². The second kappa shape index (κ2) is 5.41. The largest absolute Gasteiger partial charge is 0.508 e. The third kappa shape index (κ3) is 3.03. The number of ether oxygens (including phenoxy) is 1. The fraction of sp³-hybridized carbons (Fsp3) is 0.625. The molecule has 19 heavy (non-hydrogen) atoms. The molecule has 3 heteroatoms. The van der Waals surface area contributed by atoms with Crippen LogP contribution >= 0.6 is 0 Å². The summed E-state index contributed by atoms with van der Waals surface area (Å²) >= 11 is 0. The zero-order chi connectivity index (χ0) is 14.0. The number of hydrogen-bond donors (Lipinski definition) is 2. The molecule has 2 unspecified atom stereocenters. The summed E-state index contributed by atoms with van der Waals surface area (Å²) in [6, 6.07) is 6.03. The van der Waals surface area contributed by atoms with Crippen LogP contribution < -0.4 is 10.1 Å². The minimum absolute atomic E-state index is 0.123. The zero-order valence-electron chi connectivity index (χ0n) is 12.4. The number of methoxy groups -OCH3 is 1. The van der Waals surface area contributed by atoms with Gasteiger partial charge in [0.1, 0.15) is 11.5 Å². The maximum atomic E-state index is 10.0. The Bertz CT molecular complexity index is 442. The fourth-order valence-electron chi connectivity index (χ4n) is 3.03. The highest BCUT2D eigenvalue weighted by Crippen LogP contribution is 2.39. The number of aromatic hydroxyl groups is 1. The quantitative estimate of drug-likeness (QED) is 0.871. The molecular formula is C16H25NO2. The Morgan fingerprint density at radius 2 is 2.16 bits per heavy atom. The lowest BCUT2D eigenvalue weighted by atomic mass is 9.86. The summed E-state index contributed by atoms with van der Waals surface area (Å²) in [7, 11) is 1.65. The van der Waals surface area contributed by atoms with Gasteiger partial charge in [0.25, 0.3) is 0 Å². The first-order valence-corrected chi connectivity index (χ1v) is 7.07. The molecule has 0 heterocycles. The van der Waals surface area contributed by atoms with Crippen molar-refractivity contribution in [2.24, 2.45) is 5.41 Å². The number of rotatable bonds is 4. The molecule has 2 rings (SSSR count). The van der Waals surface area contributed by atoms with Crippen LogP contribution in [-0.4, -0.2) is 18.3 Å². The Morgan fingerprint density at radius 1 is 1.42 bits per heavy atom. The van der Waals surface area contributed by atoms with Crippen LogP contribution in [0.15, 0.2) is 18.2 Å². The smallest absolute Gasteiger partial charge is 0.120 e. The highest BCUT2D eigenvalue weighted by molar-refractivity contribution is 5.41. The Labute approximate surface area is 116 Å². The van der Waals surface area contributed by atoms with Gasteiger partial charge in [-0.2, -0.15) is 0 Å². The third-order valence-corrected chi connectivity index (χ3v) is 4.41. The third-order valence-electron chi connectivity index (χ3n) is 4.41. The molecule has 0 bridgehead atoms. The van der Waals surface area contributed by atoms with Gasteiger partial charge >= 0.3 is 0 Å². The molecule has 1 aromatic rings. The van der Waals surface area contributed by atoms with E-state index in [-0.39, 0.29) is 6.04 Å². The molecule has 2 atom stereocenters. The Kier molecular flexibility index (Phi) is 4.04. The monoisotopic (exact) mass is 263 g/mol. The number of benzene rings is 1. The second-order valence-electron chi connectivity index (χ2n) is 6.25. The van der Waals surface area contributed by atoms with Gasteiger partial charge in [-0.15, -0.1) is 0 Å². The molecule has 0 saturated heterocycles. The van der Waals surface area contributed by atoms with Crippen LogP contribution in [0, 0.1) is 5.41 Å². The highest BCUT2D eigenvalue weighted by atomic mass is 16.5. The molecule has 0 aliphatic heterocycles. The van der Waals surface area contributed by atoms with Crippen LogP contribution in [0.3, 0.4) is 0 Å². The second-order valence-corrected chi connectivity index (χ2v) is 6.25. The van der Waals surface area contributed by atoms with E-state index in [0.717, 1.165) is 11.3 Å².